The van der Waals surface area contributed by atoms with Gasteiger partial charge in [0.1, 0.15) is 0 Å². The number of nitrogens with zero attached hydrogens (tertiary/aromatic N) is 2. The molecule has 22 heavy (non-hydrogen) atoms. The first-order valence-electron chi connectivity index (χ1n) is 7.46. The van der Waals surface area contributed by atoms with E-state index < -0.39 is 0 Å². The van der Waals surface area contributed by atoms with Crippen molar-refractivity contribution in [1.82, 2.24) is 20.2 Å². The molecule has 0 spiro atoms. The summed E-state index contributed by atoms with van der Waals surface area (Å²) in [6, 6.07) is 5.32. The monoisotopic (exact) mass is 322 g/mol. The van der Waals surface area contributed by atoms with Crippen molar-refractivity contribution >= 4 is 28.5 Å². The molecular formula is C15H19ClN4O2. The van der Waals surface area contributed by atoms with Crippen LogP contribution in [0.25, 0.3) is 11.0 Å². The Hall–Kier alpha value is -1.63. The van der Waals surface area contributed by atoms with Crippen molar-refractivity contribution in [2.45, 2.75) is 6.42 Å². The van der Waals surface area contributed by atoms with Gasteiger partial charge in [0.05, 0.1) is 24.2 Å². The number of aromatic nitrogens is 2. The molecule has 1 aliphatic rings. The van der Waals surface area contributed by atoms with E-state index in [0.717, 1.165) is 50.3 Å². The van der Waals surface area contributed by atoms with Crippen LogP contribution in [0.2, 0.25) is 5.28 Å². The Balaban J connectivity index is 1.48. The minimum absolute atomic E-state index is 0.0744. The molecule has 6 nitrogen and oxygen atoms in total. The number of carbonyl (C=O) groups is 1. The molecule has 2 heterocycles. The number of rotatable bonds is 5. The van der Waals surface area contributed by atoms with Gasteiger partial charge in [-0.05, 0) is 42.8 Å². The highest BCUT2D eigenvalue weighted by atomic mass is 35.5. The van der Waals surface area contributed by atoms with Crippen LogP contribution in [0.1, 0.15) is 16.8 Å². The van der Waals surface area contributed by atoms with Crippen LogP contribution >= 0.6 is 11.6 Å². The average molecular weight is 323 g/mol. The number of morpholine rings is 1. The third kappa shape index (κ3) is 3.76. The summed E-state index contributed by atoms with van der Waals surface area (Å²) in [7, 11) is 0. The van der Waals surface area contributed by atoms with Gasteiger partial charge in [-0.1, -0.05) is 0 Å². The zero-order valence-corrected chi connectivity index (χ0v) is 13.0. The molecule has 1 aromatic carbocycles. The van der Waals surface area contributed by atoms with Crippen molar-refractivity contribution in [3.63, 3.8) is 0 Å². The van der Waals surface area contributed by atoms with Crippen LogP contribution < -0.4 is 5.32 Å². The second-order valence-electron chi connectivity index (χ2n) is 5.32. The molecule has 1 fully saturated rings. The number of ether oxygens (including phenoxy) is 1. The van der Waals surface area contributed by atoms with Crippen molar-refractivity contribution < 1.29 is 9.53 Å². The molecular weight excluding hydrogens is 304 g/mol. The summed E-state index contributed by atoms with van der Waals surface area (Å²) in [5.41, 5.74) is 2.14. The van der Waals surface area contributed by atoms with Gasteiger partial charge in [0.15, 0.2) is 0 Å². The number of fused-ring (bicyclic) bond motifs is 1. The summed E-state index contributed by atoms with van der Waals surface area (Å²) in [5.74, 6) is -0.0744. The summed E-state index contributed by atoms with van der Waals surface area (Å²) < 4.78 is 5.31. The van der Waals surface area contributed by atoms with Crippen molar-refractivity contribution in [2.75, 3.05) is 39.4 Å². The number of aromatic amines is 1. The van der Waals surface area contributed by atoms with E-state index in [0.29, 0.717) is 17.4 Å². The Morgan fingerprint density at radius 1 is 1.41 bits per heavy atom. The van der Waals surface area contributed by atoms with E-state index >= 15 is 0 Å². The highest BCUT2D eigenvalue weighted by molar-refractivity contribution is 6.29. The van der Waals surface area contributed by atoms with E-state index in [2.05, 4.69) is 20.2 Å². The fraction of sp³-hybridized carbons (Fsp3) is 0.467. The molecule has 118 valence electrons. The third-order valence-corrected chi connectivity index (χ3v) is 3.93. The van der Waals surface area contributed by atoms with Crippen LogP contribution in [0.3, 0.4) is 0 Å². The van der Waals surface area contributed by atoms with Gasteiger partial charge < -0.3 is 15.0 Å². The molecule has 0 atom stereocenters. The fourth-order valence-corrected chi connectivity index (χ4v) is 2.74. The second kappa shape index (κ2) is 7.09. The number of halogens is 1. The predicted molar refractivity (Wildman–Crippen MR) is 85.3 cm³/mol. The minimum atomic E-state index is -0.0744. The molecule has 0 unspecified atom stereocenters. The summed E-state index contributed by atoms with van der Waals surface area (Å²) in [6.45, 7) is 5.21. The smallest absolute Gasteiger partial charge is 0.251 e. The largest absolute Gasteiger partial charge is 0.379 e. The van der Waals surface area contributed by atoms with E-state index in [9.17, 15) is 4.79 Å². The summed E-state index contributed by atoms with van der Waals surface area (Å²) in [6.07, 6.45) is 0.934. The number of H-pyrrole nitrogens is 1. The number of amides is 1. The molecule has 2 aromatic rings. The first-order valence-corrected chi connectivity index (χ1v) is 7.84. The van der Waals surface area contributed by atoms with Gasteiger partial charge in [0, 0.05) is 25.2 Å². The summed E-state index contributed by atoms with van der Waals surface area (Å²) in [5, 5.41) is 3.28. The van der Waals surface area contributed by atoms with Crippen LogP contribution in [0.4, 0.5) is 0 Å². The van der Waals surface area contributed by atoms with E-state index in [4.69, 9.17) is 16.3 Å². The molecule has 0 aliphatic carbocycles. The van der Waals surface area contributed by atoms with Crippen LogP contribution in [-0.4, -0.2) is 60.2 Å². The standard InChI is InChI=1S/C15H19ClN4O2/c16-15-18-12-3-2-11(10-13(12)19-15)14(21)17-4-1-5-20-6-8-22-9-7-20/h2-3,10H,1,4-9H2,(H,17,21)(H,18,19). The molecule has 7 heteroatoms. The van der Waals surface area contributed by atoms with Gasteiger partial charge in [-0.2, -0.15) is 0 Å². The number of imidazole rings is 1. The van der Waals surface area contributed by atoms with Gasteiger partial charge in [-0.3, -0.25) is 9.69 Å². The van der Waals surface area contributed by atoms with Crippen LogP contribution in [0.5, 0.6) is 0 Å². The highest BCUT2D eigenvalue weighted by Gasteiger charge is 2.11. The number of carbonyl (C=O) groups excluding carboxylic acids is 1. The van der Waals surface area contributed by atoms with Crippen LogP contribution in [0, 0.1) is 0 Å². The third-order valence-electron chi connectivity index (χ3n) is 3.76. The number of benzene rings is 1. The van der Waals surface area contributed by atoms with Gasteiger partial charge in [-0.15, -0.1) is 0 Å². The van der Waals surface area contributed by atoms with Crippen molar-refractivity contribution in [2.24, 2.45) is 0 Å². The second-order valence-corrected chi connectivity index (χ2v) is 5.68. The van der Waals surface area contributed by atoms with Crippen molar-refractivity contribution in [3.8, 4) is 0 Å². The van der Waals surface area contributed by atoms with E-state index in [1.807, 2.05) is 0 Å². The lowest BCUT2D eigenvalue weighted by Gasteiger charge is -2.26. The molecule has 1 saturated heterocycles. The van der Waals surface area contributed by atoms with Crippen LogP contribution in [-0.2, 0) is 4.74 Å². The maximum absolute atomic E-state index is 12.1. The Morgan fingerprint density at radius 2 is 2.23 bits per heavy atom. The Bertz CT molecular complexity index is 652. The van der Waals surface area contributed by atoms with Crippen LogP contribution in [0.15, 0.2) is 18.2 Å². The van der Waals surface area contributed by atoms with Crippen molar-refractivity contribution in [1.29, 1.82) is 0 Å². The lowest BCUT2D eigenvalue weighted by Crippen LogP contribution is -2.38. The topological polar surface area (TPSA) is 70.2 Å². The zero-order chi connectivity index (χ0) is 15.4. The SMILES string of the molecule is O=C(NCCCN1CCOCC1)c1ccc2nc(Cl)[nH]c2c1. The van der Waals surface area contributed by atoms with E-state index in [-0.39, 0.29) is 5.91 Å². The quantitative estimate of drug-likeness (QED) is 0.822. The van der Waals surface area contributed by atoms with Gasteiger partial charge in [0.2, 0.25) is 5.28 Å². The van der Waals surface area contributed by atoms with E-state index in [1.54, 1.807) is 18.2 Å². The lowest BCUT2D eigenvalue weighted by molar-refractivity contribution is 0.0374. The average Bonchev–Trinajstić information content (AvgIpc) is 2.91. The maximum Gasteiger partial charge on any atom is 0.251 e. The van der Waals surface area contributed by atoms with Gasteiger partial charge in [0.25, 0.3) is 5.91 Å². The predicted octanol–water partition coefficient (Wildman–Crippen LogP) is 1.67. The molecule has 0 bridgehead atoms. The first-order chi connectivity index (χ1) is 10.7. The molecule has 3 rings (SSSR count). The van der Waals surface area contributed by atoms with Crippen molar-refractivity contribution in [3.05, 3.63) is 29.0 Å². The van der Waals surface area contributed by atoms with Gasteiger partial charge in [-0.25, -0.2) is 4.98 Å². The molecule has 0 saturated carbocycles. The number of nitrogens with one attached hydrogen (secondary N) is 2. The Morgan fingerprint density at radius 3 is 3.05 bits per heavy atom. The molecule has 2 N–H and O–H groups in total. The number of hydrogen-bond acceptors (Lipinski definition) is 4. The Labute approximate surface area is 133 Å². The fourth-order valence-electron chi connectivity index (χ4n) is 2.55. The lowest BCUT2D eigenvalue weighted by atomic mass is 10.2. The maximum atomic E-state index is 12.1. The molecule has 1 aliphatic heterocycles. The summed E-state index contributed by atoms with van der Waals surface area (Å²) in [4.78, 5) is 21.5. The minimum Gasteiger partial charge on any atom is -0.379 e. The molecule has 1 amide bonds. The Kier molecular flexibility index (Phi) is 4.92. The van der Waals surface area contributed by atoms with E-state index in [1.165, 1.54) is 0 Å². The normalized spacial score (nSPS) is 16.0. The molecule has 1 aromatic heterocycles. The zero-order valence-electron chi connectivity index (χ0n) is 12.3. The highest BCUT2D eigenvalue weighted by Crippen LogP contribution is 2.16. The first kappa shape index (κ1) is 15.3. The van der Waals surface area contributed by atoms with Gasteiger partial charge >= 0.3 is 0 Å². The summed E-state index contributed by atoms with van der Waals surface area (Å²) >= 11 is 5.81. The molecule has 0 radical (unpaired) electrons. The number of hydrogen-bond donors (Lipinski definition) is 2.